The molecule has 0 aliphatic carbocycles. The van der Waals surface area contributed by atoms with Gasteiger partial charge in [0, 0.05) is 24.1 Å². The summed E-state index contributed by atoms with van der Waals surface area (Å²) in [5, 5.41) is 19.3. The van der Waals surface area contributed by atoms with Crippen molar-refractivity contribution < 1.29 is 5.11 Å². The van der Waals surface area contributed by atoms with E-state index in [1.54, 1.807) is 0 Å². The molecule has 154 valence electrons. The topological polar surface area (TPSA) is 23.5 Å². The molecule has 5 aromatic rings. The average Bonchev–Trinajstić information content (AvgIpc) is 2.80. The zero-order valence-corrected chi connectivity index (χ0v) is 18.9. The van der Waals surface area contributed by atoms with E-state index in [0.717, 1.165) is 42.5 Å². The summed E-state index contributed by atoms with van der Waals surface area (Å²) >= 11 is 3.49. The maximum absolute atomic E-state index is 11.2. The third-order valence-electron chi connectivity index (χ3n) is 7.08. The Bertz CT molecular complexity index is 1370. The summed E-state index contributed by atoms with van der Waals surface area (Å²) in [5.74, 6) is 0. The number of rotatable bonds is 3. The van der Waals surface area contributed by atoms with Gasteiger partial charge in [0.1, 0.15) is 0 Å². The highest BCUT2D eigenvalue weighted by Gasteiger charge is 2.34. The quantitative estimate of drug-likeness (QED) is 0.292. The van der Waals surface area contributed by atoms with Crippen molar-refractivity contribution in [3.63, 3.8) is 0 Å². The zero-order chi connectivity index (χ0) is 21.0. The predicted octanol–water partition coefficient (Wildman–Crippen LogP) is 6.83. The first kappa shape index (κ1) is 19.2. The second-order valence-electron chi connectivity index (χ2n) is 8.90. The van der Waals surface area contributed by atoms with Crippen molar-refractivity contribution in [2.45, 2.75) is 25.0 Å². The van der Waals surface area contributed by atoms with Crippen LogP contribution in [0.15, 0.2) is 83.3 Å². The molecule has 31 heavy (non-hydrogen) atoms. The average molecular weight is 470 g/mol. The molecule has 6 rings (SSSR count). The van der Waals surface area contributed by atoms with Crippen LogP contribution in [0, 0.1) is 0 Å². The molecule has 0 amide bonds. The largest absolute Gasteiger partial charge is 0.385 e. The summed E-state index contributed by atoms with van der Waals surface area (Å²) in [5.41, 5.74) is 1.68. The standard InChI is InChI=1S/C28H24BrNO/c29-24-11-9-23(10-12-24)28(31)14-16-30(17-15-28)18-22-7-6-21-5-4-19-2-1-3-20-8-13-25(22)27(21)26(19)20/h1-13,31H,14-18H2. The highest BCUT2D eigenvalue weighted by molar-refractivity contribution is 9.10. The molecule has 3 heteroatoms. The smallest absolute Gasteiger partial charge is 0.0920 e. The SMILES string of the molecule is OC1(c2ccc(Br)cc2)CCN(Cc2ccc3ccc4cccc5ccc2c3c45)CC1. The summed E-state index contributed by atoms with van der Waals surface area (Å²) in [6, 6.07) is 28.3. The number of piperidine rings is 1. The van der Waals surface area contributed by atoms with Crippen LogP contribution in [0.3, 0.4) is 0 Å². The van der Waals surface area contributed by atoms with Crippen molar-refractivity contribution in [3.05, 3.63) is 94.5 Å². The second-order valence-corrected chi connectivity index (χ2v) is 9.81. The summed E-state index contributed by atoms with van der Waals surface area (Å²) in [4.78, 5) is 2.49. The van der Waals surface area contributed by atoms with Crippen LogP contribution in [-0.4, -0.2) is 23.1 Å². The summed E-state index contributed by atoms with van der Waals surface area (Å²) in [6.07, 6.45) is 1.53. The zero-order valence-electron chi connectivity index (χ0n) is 17.3. The minimum Gasteiger partial charge on any atom is -0.385 e. The Morgan fingerprint density at radius 3 is 2.06 bits per heavy atom. The molecule has 1 fully saturated rings. The van der Waals surface area contributed by atoms with E-state index in [1.165, 1.54) is 37.9 Å². The van der Waals surface area contributed by atoms with Gasteiger partial charge in [0.2, 0.25) is 0 Å². The Hall–Kier alpha value is -2.46. The lowest BCUT2D eigenvalue weighted by Gasteiger charge is -2.38. The van der Waals surface area contributed by atoms with Gasteiger partial charge in [-0.3, -0.25) is 4.90 Å². The molecule has 0 aromatic heterocycles. The summed E-state index contributed by atoms with van der Waals surface area (Å²) in [6.45, 7) is 2.72. The number of hydrogen-bond donors (Lipinski definition) is 1. The molecule has 1 aliphatic rings. The molecule has 0 atom stereocenters. The van der Waals surface area contributed by atoms with E-state index in [9.17, 15) is 5.11 Å². The molecule has 1 heterocycles. The Labute approximate surface area is 190 Å². The first-order valence-electron chi connectivity index (χ1n) is 11.0. The van der Waals surface area contributed by atoms with Crippen molar-refractivity contribution in [2.75, 3.05) is 13.1 Å². The van der Waals surface area contributed by atoms with Crippen molar-refractivity contribution in [1.82, 2.24) is 4.90 Å². The summed E-state index contributed by atoms with van der Waals surface area (Å²) < 4.78 is 1.05. The van der Waals surface area contributed by atoms with Gasteiger partial charge in [-0.1, -0.05) is 82.7 Å². The van der Waals surface area contributed by atoms with E-state index >= 15 is 0 Å². The van der Waals surface area contributed by atoms with E-state index in [-0.39, 0.29) is 0 Å². The molecule has 5 aromatic carbocycles. The summed E-state index contributed by atoms with van der Waals surface area (Å²) in [7, 11) is 0. The molecule has 1 N–H and O–H groups in total. The molecule has 0 unspecified atom stereocenters. The van der Waals surface area contributed by atoms with Crippen molar-refractivity contribution >= 4 is 48.2 Å². The highest BCUT2D eigenvalue weighted by atomic mass is 79.9. The van der Waals surface area contributed by atoms with Crippen LogP contribution < -0.4 is 0 Å². The first-order valence-corrected chi connectivity index (χ1v) is 11.8. The number of halogens is 1. The Kier molecular flexibility index (Phi) is 4.53. The van der Waals surface area contributed by atoms with E-state index < -0.39 is 5.60 Å². The van der Waals surface area contributed by atoms with Gasteiger partial charge in [-0.2, -0.15) is 0 Å². The molecule has 0 saturated carbocycles. The van der Waals surface area contributed by atoms with E-state index in [4.69, 9.17) is 0 Å². The van der Waals surface area contributed by atoms with E-state index in [2.05, 4.69) is 75.4 Å². The van der Waals surface area contributed by atoms with Gasteiger partial charge in [0.15, 0.2) is 0 Å². The van der Waals surface area contributed by atoms with Crippen LogP contribution >= 0.6 is 15.9 Å². The van der Waals surface area contributed by atoms with Crippen LogP contribution in [0.2, 0.25) is 0 Å². The second kappa shape index (κ2) is 7.30. The molecule has 0 spiro atoms. The minimum absolute atomic E-state index is 0.722. The fourth-order valence-corrected chi connectivity index (χ4v) is 5.57. The maximum atomic E-state index is 11.2. The van der Waals surface area contributed by atoms with Gasteiger partial charge in [0.05, 0.1) is 5.60 Å². The number of benzene rings is 5. The molecule has 1 saturated heterocycles. The van der Waals surface area contributed by atoms with Crippen molar-refractivity contribution in [1.29, 1.82) is 0 Å². The first-order chi connectivity index (χ1) is 15.1. The van der Waals surface area contributed by atoms with Gasteiger partial charge in [-0.25, -0.2) is 0 Å². The normalized spacial score (nSPS) is 17.1. The van der Waals surface area contributed by atoms with Gasteiger partial charge < -0.3 is 5.11 Å². The maximum Gasteiger partial charge on any atom is 0.0920 e. The third-order valence-corrected chi connectivity index (χ3v) is 7.61. The van der Waals surface area contributed by atoms with Gasteiger partial charge >= 0.3 is 0 Å². The lowest BCUT2D eigenvalue weighted by Crippen LogP contribution is -2.42. The molecular formula is C28H24BrNO. The number of aliphatic hydroxyl groups is 1. The van der Waals surface area contributed by atoms with E-state index in [1.807, 2.05) is 24.3 Å². The third kappa shape index (κ3) is 3.23. The van der Waals surface area contributed by atoms with Crippen molar-refractivity contribution in [3.8, 4) is 0 Å². The Morgan fingerprint density at radius 1 is 0.742 bits per heavy atom. The Morgan fingerprint density at radius 2 is 1.35 bits per heavy atom. The lowest BCUT2D eigenvalue weighted by atomic mass is 9.84. The molecule has 1 aliphatic heterocycles. The molecule has 2 nitrogen and oxygen atoms in total. The van der Waals surface area contributed by atoms with E-state index in [0.29, 0.717) is 0 Å². The highest BCUT2D eigenvalue weighted by Crippen LogP contribution is 2.38. The fourth-order valence-electron chi connectivity index (χ4n) is 5.30. The van der Waals surface area contributed by atoms with Gasteiger partial charge in [-0.15, -0.1) is 0 Å². The van der Waals surface area contributed by atoms with Crippen LogP contribution in [0.25, 0.3) is 32.3 Å². The molecule has 0 radical (unpaired) electrons. The van der Waals surface area contributed by atoms with Crippen LogP contribution in [0.5, 0.6) is 0 Å². The van der Waals surface area contributed by atoms with Crippen LogP contribution in [-0.2, 0) is 12.1 Å². The number of nitrogens with zero attached hydrogens (tertiary/aromatic N) is 1. The lowest BCUT2D eigenvalue weighted by molar-refractivity contribution is -0.0276. The van der Waals surface area contributed by atoms with Crippen LogP contribution in [0.1, 0.15) is 24.0 Å². The monoisotopic (exact) mass is 469 g/mol. The van der Waals surface area contributed by atoms with Gasteiger partial charge in [0.25, 0.3) is 0 Å². The minimum atomic E-state index is -0.722. The number of likely N-dealkylation sites (tertiary alicyclic amines) is 1. The number of hydrogen-bond acceptors (Lipinski definition) is 2. The molecule has 0 bridgehead atoms. The molecular weight excluding hydrogens is 446 g/mol. The fraction of sp³-hybridized carbons (Fsp3) is 0.214. The predicted molar refractivity (Wildman–Crippen MR) is 133 cm³/mol. The van der Waals surface area contributed by atoms with Crippen molar-refractivity contribution in [2.24, 2.45) is 0 Å². The van der Waals surface area contributed by atoms with Crippen LogP contribution in [0.4, 0.5) is 0 Å². The Balaban J connectivity index is 1.30. The van der Waals surface area contributed by atoms with Gasteiger partial charge in [-0.05, 0) is 68.4 Å².